The lowest BCUT2D eigenvalue weighted by Crippen LogP contribution is -2.46. The van der Waals surface area contributed by atoms with E-state index in [-0.39, 0.29) is 18.6 Å². The molecule has 2 atom stereocenters. The summed E-state index contributed by atoms with van der Waals surface area (Å²) in [7, 11) is 0. The highest BCUT2D eigenvalue weighted by molar-refractivity contribution is 5.85. The second-order valence-electron chi connectivity index (χ2n) is 4.84. The van der Waals surface area contributed by atoms with Crippen molar-refractivity contribution in [1.29, 1.82) is 5.26 Å². The molecule has 0 heterocycles. The lowest BCUT2D eigenvalue weighted by molar-refractivity contribution is -0.128. The zero-order valence-electron chi connectivity index (χ0n) is 11.4. The topological polar surface area (TPSA) is 73.1 Å². The molecule has 1 aromatic rings. The van der Waals surface area contributed by atoms with Gasteiger partial charge in [-0.3, -0.25) is 4.79 Å². The van der Waals surface area contributed by atoms with E-state index in [0.717, 1.165) is 5.56 Å². The van der Waals surface area contributed by atoms with Crippen molar-refractivity contribution in [3.05, 3.63) is 35.9 Å². The number of amides is 1. The maximum Gasteiger partial charge on any atom is 0.240 e. The van der Waals surface area contributed by atoms with Crippen LogP contribution in [0.2, 0.25) is 0 Å². The van der Waals surface area contributed by atoms with E-state index < -0.39 is 5.41 Å². The fourth-order valence-corrected chi connectivity index (χ4v) is 1.69. The number of hydrogen-bond donors (Lipinski definition) is 2. The summed E-state index contributed by atoms with van der Waals surface area (Å²) in [5, 5.41) is 21.2. The molecule has 102 valence electrons. The van der Waals surface area contributed by atoms with E-state index in [1.165, 1.54) is 0 Å². The molecule has 4 nitrogen and oxygen atoms in total. The molecule has 4 heteroatoms. The number of hydrogen-bond acceptors (Lipinski definition) is 3. The maximum atomic E-state index is 12.0. The number of rotatable bonds is 6. The van der Waals surface area contributed by atoms with Crippen LogP contribution in [-0.2, 0) is 11.2 Å². The first kappa shape index (κ1) is 15.2. The van der Waals surface area contributed by atoms with E-state index in [1.807, 2.05) is 36.4 Å². The van der Waals surface area contributed by atoms with Crippen LogP contribution in [0.5, 0.6) is 0 Å². The van der Waals surface area contributed by atoms with Crippen molar-refractivity contribution < 1.29 is 9.90 Å². The van der Waals surface area contributed by atoms with E-state index in [0.29, 0.717) is 12.8 Å². The molecule has 1 amide bonds. The number of benzene rings is 1. The van der Waals surface area contributed by atoms with Crippen molar-refractivity contribution in [1.82, 2.24) is 5.32 Å². The highest BCUT2D eigenvalue weighted by atomic mass is 16.3. The predicted molar refractivity (Wildman–Crippen MR) is 73.2 cm³/mol. The van der Waals surface area contributed by atoms with E-state index >= 15 is 0 Å². The minimum absolute atomic E-state index is 0.147. The number of aliphatic hydroxyl groups excluding tert-OH is 1. The fourth-order valence-electron chi connectivity index (χ4n) is 1.69. The summed E-state index contributed by atoms with van der Waals surface area (Å²) in [5.74, 6) is -0.326. The van der Waals surface area contributed by atoms with Gasteiger partial charge in [0.1, 0.15) is 5.41 Å². The molecule has 0 aliphatic rings. The van der Waals surface area contributed by atoms with Crippen molar-refractivity contribution in [2.24, 2.45) is 5.41 Å². The van der Waals surface area contributed by atoms with Crippen molar-refractivity contribution in [2.45, 2.75) is 32.7 Å². The van der Waals surface area contributed by atoms with Gasteiger partial charge in [-0.1, -0.05) is 37.3 Å². The molecular formula is C15H20N2O2. The Morgan fingerprint density at radius 2 is 2.11 bits per heavy atom. The van der Waals surface area contributed by atoms with Gasteiger partial charge in [-0.2, -0.15) is 5.26 Å². The Balaban J connectivity index is 2.68. The molecule has 0 saturated carbocycles. The fraction of sp³-hybridized carbons (Fsp3) is 0.467. The summed E-state index contributed by atoms with van der Waals surface area (Å²) in [6, 6.07) is 11.3. The maximum absolute atomic E-state index is 12.0. The highest BCUT2D eigenvalue weighted by Crippen LogP contribution is 2.20. The van der Waals surface area contributed by atoms with Crippen molar-refractivity contribution >= 4 is 5.91 Å². The Kier molecular flexibility index (Phi) is 5.53. The van der Waals surface area contributed by atoms with Gasteiger partial charge in [0.15, 0.2) is 0 Å². The zero-order valence-corrected chi connectivity index (χ0v) is 11.4. The summed E-state index contributed by atoms with van der Waals surface area (Å²) in [6.45, 7) is 3.26. The summed E-state index contributed by atoms with van der Waals surface area (Å²) in [6.07, 6.45) is 0.993. The van der Waals surface area contributed by atoms with Gasteiger partial charge in [0.05, 0.1) is 18.7 Å². The molecule has 19 heavy (non-hydrogen) atoms. The molecule has 1 aromatic carbocycles. The van der Waals surface area contributed by atoms with Crippen LogP contribution in [0.25, 0.3) is 0 Å². The lowest BCUT2D eigenvalue weighted by Gasteiger charge is -2.23. The molecule has 0 aliphatic carbocycles. The normalized spacial score (nSPS) is 15.1. The van der Waals surface area contributed by atoms with Gasteiger partial charge in [0.2, 0.25) is 5.91 Å². The minimum Gasteiger partial charge on any atom is -0.394 e. The number of aliphatic hydroxyl groups is 1. The molecule has 2 unspecified atom stereocenters. The molecule has 0 bridgehead atoms. The Hall–Kier alpha value is -1.86. The minimum atomic E-state index is -1.04. The van der Waals surface area contributed by atoms with E-state index in [1.54, 1.807) is 13.8 Å². The third-order valence-corrected chi connectivity index (χ3v) is 3.34. The summed E-state index contributed by atoms with van der Waals surface area (Å²) >= 11 is 0. The molecule has 2 N–H and O–H groups in total. The Labute approximate surface area is 114 Å². The zero-order chi connectivity index (χ0) is 14.3. The van der Waals surface area contributed by atoms with Crippen LogP contribution >= 0.6 is 0 Å². The van der Waals surface area contributed by atoms with Gasteiger partial charge >= 0.3 is 0 Å². The van der Waals surface area contributed by atoms with Gasteiger partial charge < -0.3 is 10.4 Å². The first-order valence-electron chi connectivity index (χ1n) is 6.42. The van der Waals surface area contributed by atoms with Crippen LogP contribution in [0, 0.1) is 16.7 Å². The largest absolute Gasteiger partial charge is 0.394 e. The molecular weight excluding hydrogens is 240 g/mol. The summed E-state index contributed by atoms with van der Waals surface area (Å²) in [5.41, 5.74) is 0.00131. The molecule has 1 rings (SSSR count). The van der Waals surface area contributed by atoms with E-state index in [2.05, 4.69) is 5.32 Å². The third kappa shape index (κ3) is 4.08. The summed E-state index contributed by atoms with van der Waals surface area (Å²) in [4.78, 5) is 12.0. The standard InChI is InChI=1S/C15H20N2O2/c1-3-15(2,11-16)14(19)17-13(10-18)9-12-7-5-4-6-8-12/h4-8,13,18H,3,9-10H2,1-2H3,(H,17,19). The number of carbonyl (C=O) groups excluding carboxylic acids is 1. The first-order valence-corrected chi connectivity index (χ1v) is 6.42. The number of nitrogens with zero attached hydrogens (tertiary/aromatic N) is 1. The number of nitrogens with one attached hydrogen (secondary N) is 1. The van der Waals surface area contributed by atoms with Gasteiger partial charge in [-0.25, -0.2) is 0 Å². The van der Waals surface area contributed by atoms with Crippen molar-refractivity contribution in [2.75, 3.05) is 6.61 Å². The quantitative estimate of drug-likeness (QED) is 0.816. The van der Waals surface area contributed by atoms with Gasteiger partial charge in [0.25, 0.3) is 0 Å². The molecule has 0 aliphatic heterocycles. The predicted octanol–water partition coefficient (Wildman–Crippen LogP) is 1.65. The first-order chi connectivity index (χ1) is 9.05. The van der Waals surface area contributed by atoms with Crippen LogP contribution in [0.1, 0.15) is 25.8 Å². The molecule has 0 aromatic heterocycles. The average molecular weight is 260 g/mol. The number of carbonyl (C=O) groups is 1. The smallest absolute Gasteiger partial charge is 0.240 e. The molecule has 0 fully saturated rings. The van der Waals surface area contributed by atoms with Crippen LogP contribution in [-0.4, -0.2) is 23.7 Å². The van der Waals surface area contributed by atoms with E-state index in [9.17, 15) is 9.90 Å². The van der Waals surface area contributed by atoms with Crippen LogP contribution in [0.3, 0.4) is 0 Å². The molecule has 0 saturated heterocycles. The van der Waals surface area contributed by atoms with Crippen LogP contribution < -0.4 is 5.32 Å². The molecule has 0 radical (unpaired) electrons. The van der Waals surface area contributed by atoms with Crippen LogP contribution in [0.4, 0.5) is 0 Å². The van der Waals surface area contributed by atoms with Crippen LogP contribution in [0.15, 0.2) is 30.3 Å². The number of nitriles is 1. The Morgan fingerprint density at radius 1 is 1.47 bits per heavy atom. The Bertz CT molecular complexity index is 453. The van der Waals surface area contributed by atoms with Gasteiger partial charge in [-0.15, -0.1) is 0 Å². The van der Waals surface area contributed by atoms with Crippen molar-refractivity contribution in [3.63, 3.8) is 0 Å². The molecule has 0 spiro atoms. The monoisotopic (exact) mass is 260 g/mol. The Morgan fingerprint density at radius 3 is 2.58 bits per heavy atom. The van der Waals surface area contributed by atoms with E-state index in [4.69, 9.17) is 5.26 Å². The highest BCUT2D eigenvalue weighted by Gasteiger charge is 2.32. The van der Waals surface area contributed by atoms with Crippen molar-refractivity contribution in [3.8, 4) is 6.07 Å². The second-order valence-corrected chi connectivity index (χ2v) is 4.84. The SMILES string of the molecule is CCC(C)(C#N)C(=O)NC(CO)Cc1ccccc1. The summed E-state index contributed by atoms with van der Waals surface area (Å²) < 4.78 is 0. The van der Waals surface area contributed by atoms with Gasteiger partial charge in [0, 0.05) is 0 Å². The third-order valence-electron chi connectivity index (χ3n) is 3.34. The second kappa shape index (κ2) is 6.91. The average Bonchev–Trinajstić information content (AvgIpc) is 2.46. The van der Waals surface area contributed by atoms with Gasteiger partial charge in [-0.05, 0) is 25.3 Å². The lowest BCUT2D eigenvalue weighted by atomic mass is 9.88.